The fraction of sp³-hybridized carbons (Fsp3) is 0.762. The van der Waals surface area contributed by atoms with E-state index in [0.717, 1.165) is 19.3 Å². The maximum absolute atomic E-state index is 12.6. The zero-order valence-corrected chi connectivity index (χ0v) is 17.8. The van der Waals surface area contributed by atoms with Gasteiger partial charge >= 0.3 is 0 Å². The van der Waals surface area contributed by atoms with Crippen LogP contribution in [0.1, 0.15) is 59.3 Å². The van der Waals surface area contributed by atoms with Gasteiger partial charge in [0, 0.05) is 6.42 Å². The summed E-state index contributed by atoms with van der Waals surface area (Å²) >= 11 is 0. The number of Topliss-reactive ketones (excluding diaryl/α,β-unsaturated/α-hetero) is 1. The molecule has 0 bridgehead atoms. The number of epoxide rings is 1. The van der Waals surface area contributed by atoms with Crippen LogP contribution in [-0.4, -0.2) is 65.3 Å². The van der Waals surface area contributed by atoms with Gasteiger partial charge in [-0.3, -0.25) is 14.4 Å². The van der Waals surface area contributed by atoms with Crippen LogP contribution in [0.3, 0.4) is 0 Å². The van der Waals surface area contributed by atoms with Gasteiger partial charge in [0.1, 0.15) is 6.04 Å². The Kier molecular flexibility index (Phi) is 10.5. The molecule has 0 aliphatic carbocycles. The normalized spacial score (nSPS) is 20.1. The number of aliphatic hydroxyl groups excluding tert-OH is 2. The lowest BCUT2D eigenvalue weighted by atomic mass is 9.94. The van der Waals surface area contributed by atoms with Crippen molar-refractivity contribution in [2.45, 2.75) is 77.0 Å². The molecule has 3 unspecified atom stereocenters. The summed E-state index contributed by atoms with van der Waals surface area (Å²) in [6, 6.07) is -2.10. The molecular formula is C21H36N2O6. The summed E-state index contributed by atoms with van der Waals surface area (Å²) in [6.07, 6.45) is 4.26. The van der Waals surface area contributed by atoms with Crippen LogP contribution in [0.5, 0.6) is 0 Å². The highest BCUT2D eigenvalue weighted by atomic mass is 16.6. The molecule has 1 saturated heterocycles. The quantitative estimate of drug-likeness (QED) is 0.179. The number of ketones is 1. The fourth-order valence-corrected chi connectivity index (χ4v) is 3.02. The molecule has 1 fully saturated rings. The molecule has 0 aromatic rings. The third-order valence-corrected chi connectivity index (χ3v) is 4.90. The van der Waals surface area contributed by atoms with E-state index in [1.807, 2.05) is 0 Å². The Bertz CT molecular complexity index is 586. The van der Waals surface area contributed by atoms with Gasteiger partial charge in [-0.15, -0.1) is 6.58 Å². The molecule has 0 saturated carbocycles. The van der Waals surface area contributed by atoms with E-state index in [9.17, 15) is 24.6 Å². The molecule has 0 aromatic carbocycles. The Morgan fingerprint density at radius 3 is 2.24 bits per heavy atom. The van der Waals surface area contributed by atoms with Crippen molar-refractivity contribution >= 4 is 17.6 Å². The van der Waals surface area contributed by atoms with E-state index in [2.05, 4.69) is 31.1 Å². The highest BCUT2D eigenvalue weighted by molar-refractivity contribution is 5.98. The predicted octanol–water partition coefficient (Wildman–Crippen LogP) is 0.851. The zero-order chi connectivity index (χ0) is 22.0. The standard InChI is InChI=1S/C21H36N2O6/c1-14(2)8-6-5-7-9-18(26)22-17(11-24)20(28)23-16(10-15(3)4)19(27)21(12-25)13-29-21/h14,16-17,24-25H,3,5-13H2,1-2,4H3,(H,22,26)(H,23,28). The highest BCUT2D eigenvalue weighted by Crippen LogP contribution is 2.29. The molecule has 0 spiro atoms. The monoisotopic (exact) mass is 412 g/mol. The first-order chi connectivity index (χ1) is 13.6. The van der Waals surface area contributed by atoms with E-state index in [0.29, 0.717) is 17.9 Å². The first-order valence-corrected chi connectivity index (χ1v) is 10.3. The van der Waals surface area contributed by atoms with Crippen LogP contribution in [-0.2, 0) is 19.1 Å². The lowest BCUT2D eigenvalue weighted by Gasteiger charge is -2.23. The second-order valence-electron chi connectivity index (χ2n) is 8.32. The molecule has 1 rings (SSSR count). The van der Waals surface area contributed by atoms with Crippen LogP contribution in [0.4, 0.5) is 0 Å². The van der Waals surface area contributed by atoms with Crippen molar-refractivity contribution in [3.63, 3.8) is 0 Å². The first-order valence-electron chi connectivity index (χ1n) is 10.3. The second kappa shape index (κ2) is 12.0. The average molecular weight is 413 g/mol. The molecule has 166 valence electrons. The molecule has 3 atom stereocenters. The van der Waals surface area contributed by atoms with Crippen LogP contribution in [0.25, 0.3) is 0 Å². The molecule has 8 heteroatoms. The van der Waals surface area contributed by atoms with E-state index in [1.165, 1.54) is 0 Å². The Morgan fingerprint density at radius 2 is 1.76 bits per heavy atom. The maximum atomic E-state index is 12.6. The number of amides is 2. The van der Waals surface area contributed by atoms with E-state index in [4.69, 9.17) is 4.74 Å². The number of hydrogen-bond donors (Lipinski definition) is 4. The predicted molar refractivity (Wildman–Crippen MR) is 109 cm³/mol. The van der Waals surface area contributed by atoms with Crippen molar-refractivity contribution in [2.75, 3.05) is 19.8 Å². The molecule has 1 aliphatic heterocycles. The van der Waals surface area contributed by atoms with E-state index >= 15 is 0 Å². The summed E-state index contributed by atoms with van der Waals surface area (Å²) in [4.78, 5) is 37.2. The van der Waals surface area contributed by atoms with E-state index in [-0.39, 0.29) is 25.4 Å². The van der Waals surface area contributed by atoms with Crippen molar-refractivity contribution in [1.82, 2.24) is 10.6 Å². The largest absolute Gasteiger partial charge is 0.394 e. The van der Waals surface area contributed by atoms with Crippen LogP contribution in [0.15, 0.2) is 12.2 Å². The van der Waals surface area contributed by atoms with Gasteiger partial charge in [-0.25, -0.2) is 0 Å². The lowest BCUT2D eigenvalue weighted by Crippen LogP contribution is -2.55. The number of carbonyl (C=O) groups is 3. The Balaban J connectivity index is 2.56. The lowest BCUT2D eigenvalue weighted by molar-refractivity contribution is -0.134. The number of ether oxygens (including phenoxy) is 1. The summed E-state index contributed by atoms with van der Waals surface area (Å²) in [7, 11) is 0. The minimum atomic E-state index is -1.28. The summed E-state index contributed by atoms with van der Waals surface area (Å²) in [6.45, 7) is 8.84. The number of rotatable bonds is 15. The van der Waals surface area contributed by atoms with Crippen LogP contribution >= 0.6 is 0 Å². The van der Waals surface area contributed by atoms with Gasteiger partial charge in [0.05, 0.1) is 25.9 Å². The number of aliphatic hydroxyl groups is 2. The molecule has 2 amide bonds. The average Bonchev–Trinajstić information content (AvgIpc) is 3.45. The number of hydrogen-bond acceptors (Lipinski definition) is 6. The Labute approximate surface area is 173 Å². The van der Waals surface area contributed by atoms with Gasteiger partial charge in [-0.05, 0) is 25.7 Å². The molecule has 0 aromatic heterocycles. The summed E-state index contributed by atoms with van der Waals surface area (Å²) in [5.74, 6) is -0.783. The topological polar surface area (TPSA) is 128 Å². The van der Waals surface area contributed by atoms with Gasteiger partial charge in [-0.1, -0.05) is 38.7 Å². The maximum Gasteiger partial charge on any atom is 0.245 e. The molecule has 1 aliphatic rings. The SMILES string of the molecule is C=C(C)CC(NC(=O)C(CO)NC(=O)CCCCCC(C)C)C(=O)C1(CO)CO1. The first kappa shape index (κ1) is 25.3. The fourth-order valence-electron chi connectivity index (χ4n) is 3.02. The Morgan fingerprint density at radius 1 is 1.10 bits per heavy atom. The van der Waals surface area contributed by atoms with Crippen molar-refractivity contribution in [3.05, 3.63) is 12.2 Å². The molecule has 0 radical (unpaired) electrons. The number of unbranched alkanes of at least 4 members (excludes halogenated alkanes) is 2. The van der Waals surface area contributed by atoms with Gasteiger partial charge in [0.2, 0.25) is 11.8 Å². The van der Waals surface area contributed by atoms with Gasteiger partial charge < -0.3 is 25.6 Å². The third kappa shape index (κ3) is 8.64. The number of nitrogens with one attached hydrogen (secondary N) is 2. The minimum absolute atomic E-state index is 0.0991. The summed E-state index contributed by atoms with van der Waals surface area (Å²) in [5, 5.41) is 24.0. The smallest absolute Gasteiger partial charge is 0.245 e. The third-order valence-electron chi connectivity index (χ3n) is 4.90. The molecule has 29 heavy (non-hydrogen) atoms. The van der Waals surface area contributed by atoms with Crippen LogP contribution in [0.2, 0.25) is 0 Å². The number of carbonyl (C=O) groups excluding carboxylic acids is 3. The zero-order valence-electron chi connectivity index (χ0n) is 17.8. The van der Waals surface area contributed by atoms with E-state index < -0.39 is 42.6 Å². The van der Waals surface area contributed by atoms with Crippen molar-refractivity contribution in [1.29, 1.82) is 0 Å². The van der Waals surface area contributed by atoms with E-state index in [1.54, 1.807) is 6.92 Å². The van der Waals surface area contributed by atoms with Crippen LogP contribution < -0.4 is 10.6 Å². The van der Waals surface area contributed by atoms with Crippen molar-refractivity contribution in [3.8, 4) is 0 Å². The van der Waals surface area contributed by atoms with Crippen molar-refractivity contribution < 1.29 is 29.3 Å². The molecule has 8 nitrogen and oxygen atoms in total. The van der Waals surface area contributed by atoms with Crippen LogP contribution in [0, 0.1) is 5.92 Å². The molecular weight excluding hydrogens is 376 g/mol. The van der Waals surface area contributed by atoms with Gasteiger partial charge in [-0.2, -0.15) is 0 Å². The van der Waals surface area contributed by atoms with Gasteiger partial charge in [0.25, 0.3) is 0 Å². The second-order valence-corrected chi connectivity index (χ2v) is 8.32. The van der Waals surface area contributed by atoms with Crippen molar-refractivity contribution in [2.24, 2.45) is 5.92 Å². The molecule has 4 N–H and O–H groups in total. The summed E-state index contributed by atoms with van der Waals surface area (Å²) < 4.78 is 5.08. The van der Waals surface area contributed by atoms with Gasteiger partial charge in [0.15, 0.2) is 11.4 Å². The summed E-state index contributed by atoms with van der Waals surface area (Å²) in [5.41, 5.74) is -0.607. The highest BCUT2D eigenvalue weighted by Gasteiger charge is 2.54. The minimum Gasteiger partial charge on any atom is -0.394 e. The Hall–Kier alpha value is -1.77. The molecule has 1 heterocycles.